The number of para-hydroxylation sites is 1. The van der Waals surface area contributed by atoms with Gasteiger partial charge >= 0.3 is 0 Å². The number of aromatic amines is 1. The lowest BCUT2D eigenvalue weighted by atomic mass is 9.97. The number of hydrogen-bond donors (Lipinski definition) is 3. The second-order valence-electron chi connectivity index (χ2n) is 7.04. The van der Waals surface area contributed by atoms with Gasteiger partial charge < -0.3 is 15.6 Å². The summed E-state index contributed by atoms with van der Waals surface area (Å²) in [6.45, 7) is 4.12. The van der Waals surface area contributed by atoms with Gasteiger partial charge in [0.1, 0.15) is 6.04 Å². The third-order valence-corrected chi connectivity index (χ3v) is 5.21. The topological polar surface area (TPSA) is 74.0 Å². The van der Waals surface area contributed by atoms with Crippen molar-refractivity contribution in [2.24, 2.45) is 5.92 Å². The summed E-state index contributed by atoms with van der Waals surface area (Å²) in [5, 5.41) is 7.09. The van der Waals surface area contributed by atoms with Gasteiger partial charge in [-0.1, -0.05) is 31.0 Å². The molecule has 0 bridgehead atoms. The Labute approximate surface area is 148 Å². The maximum Gasteiger partial charge on any atom is 0.242 e. The summed E-state index contributed by atoms with van der Waals surface area (Å²) in [6, 6.07) is 7.82. The minimum absolute atomic E-state index is 0.0559. The van der Waals surface area contributed by atoms with Gasteiger partial charge in [-0.05, 0) is 43.7 Å². The predicted octanol–water partition coefficient (Wildman–Crippen LogP) is 2.83. The molecule has 2 amide bonds. The summed E-state index contributed by atoms with van der Waals surface area (Å²) in [5.74, 6) is 0.0674. The average molecular weight is 341 g/mol. The highest BCUT2D eigenvalue weighted by Crippen LogP contribution is 2.28. The Balaban J connectivity index is 1.62. The van der Waals surface area contributed by atoms with Gasteiger partial charge in [0.2, 0.25) is 11.8 Å². The molecule has 0 radical (unpaired) electrons. The molecule has 3 rings (SSSR count). The molecule has 3 N–H and O–H groups in total. The summed E-state index contributed by atoms with van der Waals surface area (Å²) in [4.78, 5) is 27.5. The van der Waals surface area contributed by atoms with Crippen LogP contribution in [0.5, 0.6) is 0 Å². The highest BCUT2D eigenvalue weighted by Gasteiger charge is 2.31. The van der Waals surface area contributed by atoms with E-state index in [9.17, 15) is 9.59 Å². The van der Waals surface area contributed by atoms with E-state index in [0.29, 0.717) is 6.54 Å². The zero-order valence-electron chi connectivity index (χ0n) is 15.0. The van der Waals surface area contributed by atoms with Crippen LogP contribution in [0.1, 0.15) is 43.9 Å². The maximum absolute atomic E-state index is 12.6. The molecule has 1 aliphatic carbocycles. The molecule has 1 aliphatic rings. The van der Waals surface area contributed by atoms with E-state index in [1.54, 1.807) is 0 Å². The number of rotatable bonds is 6. The first-order valence-corrected chi connectivity index (χ1v) is 9.17. The van der Waals surface area contributed by atoms with E-state index in [1.165, 1.54) is 17.9 Å². The van der Waals surface area contributed by atoms with Gasteiger partial charge in [-0.25, -0.2) is 0 Å². The molecular weight excluding hydrogens is 314 g/mol. The van der Waals surface area contributed by atoms with Crippen molar-refractivity contribution >= 4 is 22.7 Å². The quantitative estimate of drug-likeness (QED) is 0.756. The number of carbonyl (C=O) groups is 2. The highest BCUT2D eigenvalue weighted by atomic mass is 16.2. The maximum atomic E-state index is 12.6. The first-order valence-electron chi connectivity index (χ1n) is 9.17. The number of carbonyl (C=O) groups excluding carboxylic acids is 2. The van der Waals surface area contributed by atoms with Crippen LogP contribution in [0.25, 0.3) is 10.9 Å². The van der Waals surface area contributed by atoms with Crippen LogP contribution in [0.15, 0.2) is 24.3 Å². The number of aryl methyl sites for hydroxylation is 1. The second-order valence-corrected chi connectivity index (χ2v) is 7.04. The molecule has 0 saturated heterocycles. The van der Waals surface area contributed by atoms with Gasteiger partial charge in [0.05, 0.1) is 0 Å². The predicted molar refractivity (Wildman–Crippen MR) is 99.3 cm³/mol. The van der Waals surface area contributed by atoms with E-state index >= 15 is 0 Å². The van der Waals surface area contributed by atoms with Gasteiger partial charge in [0, 0.05) is 30.1 Å². The normalized spacial score (nSPS) is 16.1. The standard InChI is InChI=1S/C20H27N3O2/c1-13-16(17-9-5-6-10-18(17)22-13)11-12-21-20(25)19(23-14(2)24)15-7-3-4-8-15/h5-6,9-10,15,19,22H,3-4,7-8,11-12H2,1-2H3,(H,21,25)(H,23,24)/t19-/m0/s1. The molecule has 1 atom stereocenters. The molecule has 1 fully saturated rings. The van der Waals surface area contributed by atoms with E-state index in [1.807, 2.05) is 12.1 Å². The molecule has 0 unspecified atom stereocenters. The fraction of sp³-hybridized carbons (Fsp3) is 0.500. The average Bonchev–Trinajstić information content (AvgIpc) is 3.20. The zero-order valence-corrected chi connectivity index (χ0v) is 15.0. The largest absolute Gasteiger partial charge is 0.358 e. The van der Waals surface area contributed by atoms with Crippen molar-refractivity contribution < 1.29 is 9.59 Å². The third kappa shape index (κ3) is 4.03. The van der Waals surface area contributed by atoms with Gasteiger partial charge in [-0.15, -0.1) is 0 Å². The highest BCUT2D eigenvalue weighted by molar-refractivity contribution is 5.87. The molecule has 0 spiro atoms. The Morgan fingerprint density at radius 1 is 1.24 bits per heavy atom. The lowest BCUT2D eigenvalue weighted by molar-refractivity contribution is -0.129. The molecule has 1 aromatic carbocycles. The van der Waals surface area contributed by atoms with Crippen LogP contribution in [-0.2, 0) is 16.0 Å². The lowest BCUT2D eigenvalue weighted by Crippen LogP contribution is -2.50. The van der Waals surface area contributed by atoms with Crippen molar-refractivity contribution in [2.45, 2.75) is 52.0 Å². The number of H-pyrrole nitrogens is 1. The van der Waals surface area contributed by atoms with Crippen LogP contribution in [0.3, 0.4) is 0 Å². The lowest BCUT2D eigenvalue weighted by Gasteiger charge is -2.23. The Morgan fingerprint density at radius 2 is 1.96 bits per heavy atom. The van der Waals surface area contributed by atoms with Crippen LogP contribution in [0, 0.1) is 12.8 Å². The van der Waals surface area contributed by atoms with E-state index < -0.39 is 6.04 Å². The summed E-state index contributed by atoms with van der Waals surface area (Å²) in [7, 11) is 0. The molecule has 25 heavy (non-hydrogen) atoms. The summed E-state index contributed by atoms with van der Waals surface area (Å²) in [5.41, 5.74) is 3.51. The van der Waals surface area contributed by atoms with Crippen molar-refractivity contribution in [3.63, 3.8) is 0 Å². The Hall–Kier alpha value is -2.30. The molecular formula is C20H27N3O2. The fourth-order valence-electron chi connectivity index (χ4n) is 3.98. The Kier molecular flexibility index (Phi) is 5.41. The van der Waals surface area contributed by atoms with Crippen molar-refractivity contribution in [1.82, 2.24) is 15.6 Å². The number of nitrogens with one attached hydrogen (secondary N) is 3. The Morgan fingerprint density at radius 3 is 2.68 bits per heavy atom. The molecule has 5 nitrogen and oxygen atoms in total. The van der Waals surface area contributed by atoms with Gasteiger partial charge in [-0.3, -0.25) is 9.59 Å². The third-order valence-electron chi connectivity index (χ3n) is 5.21. The van der Waals surface area contributed by atoms with Gasteiger partial charge in [-0.2, -0.15) is 0 Å². The first kappa shape index (κ1) is 17.5. The van der Waals surface area contributed by atoms with Crippen LogP contribution >= 0.6 is 0 Å². The molecule has 1 heterocycles. The summed E-state index contributed by atoms with van der Waals surface area (Å²) < 4.78 is 0. The smallest absolute Gasteiger partial charge is 0.242 e. The minimum Gasteiger partial charge on any atom is -0.358 e. The molecule has 1 saturated carbocycles. The summed E-state index contributed by atoms with van der Waals surface area (Å²) >= 11 is 0. The SMILES string of the molecule is CC(=O)N[C@H](C(=O)NCCc1c(C)[nH]c2ccccc12)C1CCCC1. The first-order chi connectivity index (χ1) is 12.1. The zero-order chi connectivity index (χ0) is 17.8. The second kappa shape index (κ2) is 7.72. The minimum atomic E-state index is -0.399. The van der Waals surface area contributed by atoms with Crippen molar-refractivity contribution in [3.8, 4) is 0 Å². The fourth-order valence-corrected chi connectivity index (χ4v) is 3.98. The number of fused-ring (bicyclic) bond motifs is 1. The van der Waals surface area contributed by atoms with Crippen LogP contribution in [-0.4, -0.2) is 29.4 Å². The number of hydrogen-bond acceptors (Lipinski definition) is 2. The van der Waals surface area contributed by atoms with E-state index in [0.717, 1.165) is 43.3 Å². The van der Waals surface area contributed by atoms with Gasteiger partial charge in [0.15, 0.2) is 0 Å². The van der Waals surface area contributed by atoms with Crippen molar-refractivity contribution in [1.29, 1.82) is 0 Å². The Bertz CT molecular complexity index is 759. The molecule has 2 aromatic rings. The number of amides is 2. The van der Waals surface area contributed by atoms with Crippen molar-refractivity contribution in [2.75, 3.05) is 6.54 Å². The van der Waals surface area contributed by atoms with Crippen LogP contribution in [0.2, 0.25) is 0 Å². The van der Waals surface area contributed by atoms with Crippen molar-refractivity contribution in [3.05, 3.63) is 35.5 Å². The van der Waals surface area contributed by atoms with Crippen LogP contribution < -0.4 is 10.6 Å². The number of benzene rings is 1. The molecule has 0 aliphatic heterocycles. The number of aromatic nitrogens is 1. The van der Waals surface area contributed by atoms with Gasteiger partial charge in [0.25, 0.3) is 0 Å². The molecule has 5 heteroatoms. The summed E-state index contributed by atoms with van der Waals surface area (Å²) in [6.07, 6.45) is 5.09. The van der Waals surface area contributed by atoms with E-state index in [-0.39, 0.29) is 17.7 Å². The van der Waals surface area contributed by atoms with Crippen LogP contribution in [0.4, 0.5) is 0 Å². The van der Waals surface area contributed by atoms with E-state index in [4.69, 9.17) is 0 Å². The van der Waals surface area contributed by atoms with E-state index in [2.05, 4.69) is 34.7 Å². The monoisotopic (exact) mass is 341 g/mol. The molecule has 1 aromatic heterocycles. The molecule has 134 valence electrons.